The Hall–Kier alpha value is -1.11. The van der Waals surface area contributed by atoms with E-state index in [0.717, 1.165) is 19.4 Å². The minimum atomic E-state index is -3.52. The van der Waals surface area contributed by atoms with Crippen molar-refractivity contribution in [3.8, 4) is 5.75 Å². The zero-order valence-electron chi connectivity index (χ0n) is 12.0. The number of para-hydroxylation sites is 1. The standard InChI is InChI=1S/C14H22N2O3S/c1-3-10-16(12-8-9-15-11-12)20(17,18)14-7-5-4-6-13(14)19-2/h4-7,12,15H,3,8-11H2,1-2H3. The molecule has 1 unspecified atom stereocenters. The number of rotatable bonds is 6. The van der Waals surface area contributed by atoms with E-state index in [0.29, 0.717) is 18.8 Å². The van der Waals surface area contributed by atoms with Gasteiger partial charge in [0.1, 0.15) is 10.6 Å². The summed E-state index contributed by atoms with van der Waals surface area (Å²) in [5, 5.41) is 3.23. The number of nitrogens with one attached hydrogen (secondary N) is 1. The number of nitrogens with zero attached hydrogens (tertiary/aromatic N) is 1. The molecule has 5 nitrogen and oxygen atoms in total. The van der Waals surface area contributed by atoms with Crippen LogP contribution in [0.5, 0.6) is 5.75 Å². The SMILES string of the molecule is CCCN(C1CCNC1)S(=O)(=O)c1ccccc1OC. The van der Waals surface area contributed by atoms with Crippen molar-refractivity contribution < 1.29 is 13.2 Å². The lowest BCUT2D eigenvalue weighted by molar-refractivity contribution is 0.331. The minimum absolute atomic E-state index is 0.0323. The maximum Gasteiger partial charge on any atom is 0.247 e. The summed E-state index contributed by atoms with van der Waals surface area (Å²) in [6.07, 6.45) is 1.65. The third-order valence-corrected chi connectivity index (χ3v) is 5.53. The first kappa shape index (κ1) is 15.3. The first-order valence-corrected chi connectivity index (χ1v) is 8.40. The van der Waals surface area contributed by atoms with Crippen LogP contribution in [-0.4, -0.2) is 45.5 Å². The predicted octanol–water partition coefficient (Wildman–Crippen LogP) is 1.46. The van der Waals surface area contributed by atoms with Gasteiger partial charge in [0.2, 0.25) is 10.0 Å². The third kappa shape index (κ3) is 2.97. The summed E-state index contributed by atoms with van der Waals surface area (Å²) in [6.45, 7) is 4.11. The highest BCUT2D eigenvalue weighted by atomic mass is 32.2. The van der Waals surface area contributed by atoms with E-state index in [1.54, 1.807) is 28.6 Å². The van der Waals surface area contributed by atoms with Crippen LogP contribution < -0.4 is 10.1 Å². The molecule has 112 valence electrons. The third-order valence-electron chi connectivity index (χ3n) is 3.54. The van der Waals surface area contributed by atoms with Crippen LogP contribution in [0.3, 0.4) is 0 Å². The molecule has 1 aromatic carbocycles. The number of sulfonamides is 1. The Morgan fingerprint density at radius 3 is 2.75 bits per heavy atom. The van der Waals surface area contributed by atoms with Crippen molar-refractivity contribution >= 4 is 10.0 Å². The molecule has 0 spiro atoms. The van der Waals surface area contributed by atoms with Crippen LogP contribution in [0.4, 0.5) is 0 Å². The summed E-state index contributed by atoms with van der Waals surface area (Å²) in [6, 6.07) is 6.83. The molecule has 0 aromatic heterocycles. The molecule has 0 radical (unpaired) electrons. The van der Waals surface area contributed by atoms with Crippen LogP contribution in [-0.2, 0) is 10.0 Å². The lowest BCUT2D eigenvalue weighted by Gasteiger charge is -2.27. The zero-order chi connectivity index (χ0) is 14.6. The van der Waals surface area contributed by atoms with Crippen molar-refractivity contribution in [2.24, 2.45) is 0 Å². The molecule has 1 atom stereocenters. The Balaban J connectivity index is 2.39. The van der Waals surface area contributed by atoms with Crippen LogP contribution in [0.25, 0.3) is 0 Å². The highest BCUT2D eigenvalue weighted by molar-refractivity contribution is 7.89. The van der Waals surface area contributed by atoms with E-state index < -0.39 is 10.0 Å². The van der Waals surface area contributed by atoms with E-state index in [9.17, 15) is 8.42 Å². The number of hydrogen-bond donors (Lipinski definition) is 1. The summed E-state index contributed by atoms with van der Waals surface area (Å²) < 4.78 is 32.6. The van der Waals surface area contributed by atoms with Crippen LogP contribution in [0.15, 0.2) is 29.2 Å². The number of methoxy groups -OCH3 is 1. The summed E-state index contributed by atoms with van der Waals surface area (Å²) >= 11 is 0. The average Bonchev–Trinajstić information content (AvgIpc) is 2.98. The van der Waals surface area contributed by atoms with Crippen molar-refractivity contribution in [1.82, 2.24) is 9.62 Å². The number of hydrogen-bond acceptors (Lipinski definition) is 4. The molecule has 6 heteroatoms. The van der Waals surface area contributed by atoms with Crippen LogP contribution in [0.1, 0.15) is 19.8 Å². The second-order valence-corrected chi connectivity index (χ2v) is 6.77. The molecular formula is C14H22N2O3S. The van der Waals surface area contributed by atoms with Gasteiger partial charge >= 0.3 is 0 Å². The highest BCUT2D eigenvalue weighted by Crippen LogP contribution is 2.28. The quantitative estimate of drug-likeness (QED) is 0.864. The second-order valence-electron chi connectivity index (χ2n) is 4.91. The summed E-state index contributed by atoms with van der Waals surface area (Å²) in [5.74, 6) is 0.402. The van der Waals surface area contributed by atoms with E-state index >= 15 is 0 Å². The van der Waals surface area contributed by atoms with Gasteiger partial charge in [-0.3, -0.25) is 0 Å². The van der Waals surface area contributed by atoms with Crippen LogP contribution in [0, 0.1) is 0 Å². The molecule has 0 saturated carbocycles. The molecular weight excluding hydrogens is 276 g/mol. The van der Waals surface area contributed by atoms with E-state index in [-0.39, 0.29) is 10.9 Å². The minimum Gasteiger partial charge on any atom is -0.495 e. The van der Waals surface area contributed by atoms with Gasteiger partial charge in [0, 0.05) is 19.1 Å². The monoisotopic (exact) mass is 298 g/mol. The summed E-state index contributed by atoms with van der Waals surface area (Å²) in [5.41, 5.74) is 0. The normalized spacial score (nSPS) is 19.4. The Morgan fingerprint density at radius 1 is 1.40 bits per heavy atom. The molecule has 1 aliphatic heterocycles. The Bertz CT molecular complexity index is 539. The largest absolute Gasteiger partial charge is 0.495 e. The van der Waals surface area contributed by atoms with Crippen molar-refractivity contribution in [2.75, 3.05) is 26.7 Å². The van der Waals surface area contributed by atoms with Gasteiger partial charge in [-0.15, -0.1) is 0 Å². The van der Waals surface area contributed by atoms with Crippen LogP contribution in [0.2, 0.25) is 0 Å². The number of benzene rings is 1. The molecule has 20 heavy (non-hydrogen) atoms. The number of ether oxygens (including phenoxy) is 1. The molecule has 0 bridgehead atoms. The Labute approximate surface area is 121 Å². The maximum absolute atomic E-state index is 12.9. The molecule has 1 heterocycles. The first-order chi connectivity index (χ1) is 9.61. The summed E-state index contributed by atoms with van der Waals surface area (Å²) in [4.78, 5) is 0.253. The molecule has 1 saturated heterocycles. The van der Waals surface area contributed by atoms with Gasteiger partial charge in [0.05, 0.1) is 7.11 Å². The topological polar surface area (TPSA) is 58.6 Å². The van der Waals surface area contributed by atoms with E-state index in [1.807, 2.05) is 6.92 Å². The van der Waals surface area contributed by atoms with Crippen molar-refractivity contribution in [3.63, 3.8) is 0 Å². The molecule has 2 rings (SSSR count). The molecule has 1 N–H and O–H groups in total. The molecule has 0 amide bonds. The molecule has 1 aromatic rings. The van der Waals surface area contributed by atoms with Crippen molar-refractivity contribution in [3.05, 3.63) is 24.3 Å². The fraction of sp³-hybridized carbons (Fsp3) is 0.571. The van der Waals surface area contributed by atoms with Crippen molar-refractivity contribution in [2.45, 2.75) is 30.7 Å². The van der Waals surface area contributed by atoms with Gasteiger partial charge in [-0.1, -0.05) is 19.1 Å². The van der Waals surface area contributed by atoms with E-state index in [4.69, 9.17) is 4.74 Å². The van der Waals surface area contributed by atoms with E-state index in [1.165, 1.54) is 7.11 Å². The zero-order valence-corrected chi connectivity index (χ0v) is 12.8. The molecule has 1 fully saturated rings. The fourth-order valence-corrected chi connectivity index (χ4v) is 4.47. The molecule has 0 aliphatic carbocycles. The average molecular weight is 298 g/mol. The smallest absolute Gasteiger partial charge is 0.247 e. The van der Waals surface area contributed by atoms with Gasteiger partial charge < -0.3 is 10.1 Å². The molecule has 1 aliphatic rings. The second kappa shape index (κ2) is 6.56. The van der Waals surface area contributed by atoms with Crippen LogP contribution >= 0.6 is 0 Å². The van der Waals surface area contributed by atoms with Gasteiger partial charge in [0.25, 0.3) is 0 Å². The lowest BCUT2D eigenvalue weighted by Crippen LogP contribution is -2.42. The summed E-state index contributed by atoms with van der Waals surface area (Å²) in [7, 11) is -2.03. The maximum atomic E-state index is 12.9. The van der Waals surface area contributed by atoms with E-state index in [2.05, 4.69) is 5.32 Å². The first-order valence-electron chi connectivity index (χ1n) is 6.96. The van der Waals surface area contributed by atoms with Crippen molar-refractivity contribution in [1.29, 1.82) is 0 Å². The lowest BCUT2D eigenvalue weighted by atomic mass is 10.2. The van der Waals surface area contributed by atoms with Gasteiger partial charge in [-0.05, 0) is 31.5 Å². The van der Waals surface area contributed by atoms with Gasteiger partial charge in [0.15, 0.2) is 0 Å². The Kier molecular flexibility index (Phi) is 5.01. The van der Waals surface area contributed by atoms with Gasteiger partial charge in [-0.25, -0.2) is 8.42 Å². The fourth-order valence-electron chi connectivity index (χ4n) is 2.56. The highest BCUT2D eigenvalue weighted by Gasteiger charge is 2.34. The Morgan fingerprint density at radius 2 is 2.15 bits per heavy atom. The predicted molar refractivity (Wildman–Crippen MR) is 78.5 cm³/mol. The van der Waals surface area contributed by atoms with Gasteiger partial charge in [-0.2, -0.15) is 4.31 Å².